The van der Waals surface area contributed by atoms with Gasteiger partial charge in [-0.2, -0.15) is 0 Å². The molecular weight excluding hydrogens is 450 g/mol. The summed E-state index contributed by atoms with van der Waals surface area (Å²) in [5.74, 6) is -0.125. The molecule has 0 atom stereocenters. The van der Waals surface area contributed by atoms with E-state index in [4.69, 9.17) is 11.6 Å². The zero-order valence-corrected chi connectivity index (χ0v) is 19.6. The topological polar surface area (TPSA) is 64.0 Å². The van der Waals surface area contributed by atoms with E-state index in [1.54, 1.807) is 16.7 Å². The Morgan fingerprint density at radius 2 is 1.87 bits per heavy atom. The number of anilines is 1. The van der Waals surface area contributed by atoms with Crippen molar-refractivity contribution in [2.45, 2.75) is 25.9 Å². The molecule has 0 spiro atoms. The van der Waals surface area contributed by atoms with Crippen molar-refractivity contribution in [3.8, 4) is 5.69 Å². The lowest BCUT2D eigenvalue weighted by Crippen LogP contribution is -2.23. The number of aromatic nitrogens is 2. The normalized spacial score (nSPS) is 11.1. The van der Waals surface area contributed by atoms with Crippen LogP contribution in [-0.2, 0) is 4.79 Å². The number of nitrogens with one attached hydrogen (secondary N) is 1. The summed E-state index contributed by atoms with van der Waals surface area (Å²) in [4.78, 5) is 30.5. The minimum Gasteiger partial charge on any atom is -0.324 e. The maximum atomic E-state index is 13.3. The summed E-state index contributed by atoms with van der Waals surface area (Å²) < 4.78 is 2.20. The van der Waals surface area contributed by atoms with Crippen LogP contribution in [-0.4, -0.2) is 21.2 Å². The number of fused-ring (bicyclic) bond motifs is 1. The third-order valence-electron chi connectivity index (χ3n) is 4.77. The first-order valence-electron chi connectivity index (χ1n) is 9.60. The predicted molar refractivity (Wildman–Crippen MR) is 130 cm³/mol. The molecule has 0 radical (unpaired) electrons. The fourth-order valence-electron chi connectivity index (χ4n) is 3.30. The summed E-state index contributed by atoms with van der Waals surface area (Å²) in [6.07, 6.45) is 0. The molecule has 0 saturated carbocycles. The second-order valence-electron chi connectivity index (χ2n) is 7.28. The van der Waals surface area contributed by atoms with Crippen molar-refractivity contribution in [2.75, 3.05) is 11.1 Å². The third kappa shape index (κ3) is 4.54. The van der Waals surface area contributed by atoms with Crippen molar-refractivity contribution in [1.82, 2.24) is 9.55 Å². The number of amides is 1. The summed E-state index contributed by atoms with van der Waals surface area (Å²) in [6, 6.07) is 13.2. The summed E-state index contributed by atoms with van der Waals surface area (Å²) in [7, 11) is 0. The lowest BCUT2D eigenvalue weighted by Gasteiger charge is -2.15. The van der Waals surface area contributed by atoms with Crippen LogP contribution in [0, 0.1) is 20.8 Å². The number of nitrogens with zero attached hydrogens (tertiary/aromatic N) is 2. The number of hydrogen-bond acceptors (Lipinski definition) is 5. The molecule has 2 aromatic carbocycles. The van der Waals surface area contributed by atoms with E-state index < -0.39 is 0 Å². The fourth-order valence-corrected chi connectivity index (χ4v) is 5.14. The van der Waals surface area contributed by atoms with Crippen LogP contribution in [0.2, 0.25) is 5.02 Å². The van der Waals surface area contributed by atoms with Gasteiger partial charge in [-0.1, -0.05) is 47.1 Å². The quantitative estimate of drug-likeness (QED) is 0.298. The Labute approximate surface area is 193 Å². The molecule has 0 unspecified atom stereocenters. The Hall–Kier alpha value is -2.61. The maximum absolute atomic E-state index is 13.3. The lowest BCUT2D eigenvalue weighted by atomic mass is 10.1. The van der Waals surface area contributed by atoms with Gasteiger partial charge in [0.25, 0.3) is 5.56 Å². The van der Waals surface area contributed by atoms with Gasteiger partial charge in [0.05, 0.1) is 27.7 Å². The van der Waals surface area contributed by atoms with Gasteiger partial charge >= 0.3 is 0 Å². The molecule has 0 aliphatic carbocycles. The van der Waals surface area contributed by atoms with E-state index in [0.29, 0.717) is 26.1 Å². The van der Waals surface area contributed by atoms with Gasteiger partial charge in [0.1, 0.15) is 4.70 Å². The summed E-state index contributed by atoms with van der Waals surface area (Å²) in [6.45, 7) is 5.91. The highest BCUT2D eigenvalue weighted by atomic mass is 35.5. The molecule has 0 aliphatic rings. The molecule has 8 heteroatoms. The molecule has 4 rings (SSSR count). The first-order chi connectivity index (χ1) is 14.8. The summed E-state index contributed by atoms with van der Waals surface area (Å²) >= 11 is 8.82. The van der Waals surface area contributed by atoms with E-state index in [-0.39, 0.29) is 17.2 Å². The van der Waals surface area contributed by atoms with Crippen LogP contribution in [0.3, 0.4) is 0 Å². The molecule has 4 aromatic rings. The third-order valence-corrected chi connectivity index (χ3v) is 6.92. The van der Waals surface area contributed by atoms with Crippen molar-refractivity contribution < 1.29 is 4.79 Å². The SMILES string of the molecule is Cc1ccc(-n2c(SCC(=O)Nc3ccc(C)cc3Cl)nc3ccsc3c2=O)c(C)c1. The molecule has 0 fully saturated rings. The van der Waals surface area contributed by atoms with Gasteiger partial charge in [-0.3, -0.25) is 14.2 Å². The van der Waals surface area contributed by atoms with E-state index in [2.05, 4.69) is 10.3 Å². The summed E-state index contributed by atoms with van der Waals surface area (Å²) in [5, 5.41) is 5.65. The Morgan fingerprint density at radius 1 is 1.13 bits per heavy atom. The van der Waals surface area contributed by atoms with Gasteiger partial charge in [-0.25, -0.2) is 4.98 Å². The second-order valence-corrected chi connectivity index (χ2v) is 9.55. The molecule has 5 nitrogen and oxygen atoms in total. The molecule has 1 amide bonds. The molecule has 0 bridgehead atoms. The van der Waals surface area contributed by atoms with Crippen LogP contribution in [0.5, 0.6) is 0 Å². The number of halogens is 1. The van der Waals surface area contributed by atoms with Crippen molar-refractivity contribution in [3.05, 3.63) is 79.9 Å². The van der Waals surface area contributed by atoms with Gasteiger partial charge in [-0.05, 0) is 61.5 Å². The largest absolute Gasteiger partial charge is 0.324 e. The number of carbonyl (C=O) groups is 1. The number of benzene rings is 2. The number of thioether (sulfide) groups is 1. The molecular formula is C23H20ClN3O2S2. The molecule has 2 aromatic heterocycles. The zero-order chi connectivity index (χ0) is 22.1. The molecule has 158 valence electrons. The highest BCUT2D eigenvalue weighted by molar-refractivity contribution is 7.99. The molecule has 2 heterocycles. The Balaban J connectivity index is 1.66. The predicted octanol–water partition coefficient (Wildman–Crippen LogP) is 5.76. The van der Waals surface area contributed by atoms with Crippen LogP contribution >= 0.6 is 34.7 Å². The standard InChI is InChI=1S/C23H20ClN3O2S2/c1-13-5-7-19(15(3)10-13)27-22(29)21-18(8-9-30-21)26-23(27)31-12-20(28)25-17-6-4-14(2)11-16(17)24/h4-11H,12H2,1-3H3,(H,25,28). The zero-order valence-electron chi connectivity index (χ0n) is 17.2. The minimum absolute atomic E-state index is 0.0944. The number of aryl methyl sites for hydroxylation is 3. The first kappa shape index (κ1) is 21.6. The van der Waals surface area contributed by atoms with Crippen molar-refractivity contribution in [1.29, 1.82) is 0 Å². The molecule has 0 aliphatic heterocycles. The van der Waals surface area contributed by atoms with Crippen LogP contribution in [0.4, 0.5) is 5.69 Å². The molecule has 1 N–H and O–H groups in total. The average Bonchev–Trinajstić information content (AvgIpc) is 3.18. The van der Waals surface area contributed by atoms with Crippen LogP contribution in [0.1, 0.15) is 16.7 Å². The number of rotatable bonds is 5. The highest BCUT2D eigenvalue weighted by Crippen LogP contribution is 2.27. The van der Waals surface area contributed by atoms with Gasteiger partial charge in [0, 0.05) is 0 Å². The van der Waals surface area contributed by atoms with Gasteiger partial charge in [0.15, 0.2) is 5.16 Å². The fraction of sp³-hybridized carbons (Fsp3) is 0.174. The highest BCUT2D eigenvalue weighted by Gasteiger charge is 2.17. The maximum Gasteiger partial charge on any atom is 0.276 e. The van der Waals surface area contributed by atoms with E-state index in [0.717, 1.165) is 22.4 Å². The van der Waals surface area contributed by atoms with Crippen molar-refractivity contribution in [3.63, 3.8) is 0 Å². The molecule has 0 saturated heterocycles. The van der Waals surface area contributed by atoms with E-state index in [1.807, 2.05) is 56.5 Å². The second kappa shape index (κ2) is 8.86. The number of carbonyl (C=O) groups excluding carboxylic acids is 1. The van der Waals surface area contributed by atoms with E-state index >= 15 is 0 Å². The first-order valence-corrected chi connectivity index (χ1v) is 11.8. The Bertz CT molecular complexity index is 1360. The minimum atomic E-state index is -0.220. The van der Waals surface area contributed by atoms with Crippen LogP contribution in [0.15, 0.2) is 57.8 Å². The number of thiophene rings is 1. The van der Waals surface area contributed by atoms with Gasteiger partial charge in [0.2, 0.25) is 5.91 Å². The number of hydrogen-bond donors (Lipinski definition) is 1. The van der Waals surface area contributed by atoms with Crippen molar-refractivity contribution >= 4 is 56.5 Å². The lowest BCUT2D eigenvalue weighted by molar-refractivity contribution is -0.113. The van der Waals surface area contributed by atoms with Gasteiger partial charge in [-0.15, -0.1) is 11.3 Å². The van der Waals surface area contributed by atoms with Gasteiger partial charge < -0.3 is 5.32 Å². The van der Waals surface area contributed by atoms with Crippen LogP contribution < -0.4 is 10.9 Å². The summed E-state index contributed by atoms with van der Waals surface area (Å²) in [5.41, 5.74) is 4.94. The van der Waals surface area contributed by atoms with E-state index in [9.17, 15) is 9.59 Å². The average molecular weight is 470 g/mol. The monoisotopic (exact) mass is 469 g/mol. The Morgan fingerprint density at radius 3 is 2.61 bits per heavy atom. The molecule has 31 heavy (non-hydrogen) atoms. The smallest absolute Gasteiger partial charge is 0.276 e. The van der Waals surface area contributed by atoms with Crippen LogP contribution in [0.25, 0.3) is 15.9 Å². The van der Waals surface area contributed by atoms with E-state index in [1.165, 1.54) is 23.1 Å². The van der Waals surface area contributed by atoms with Crippen molar-refractivity contribution in [2.24, 2.45) is 0 Å². The Kier molecular flexibility index (Phi) is 6.18.